The van der Waals surface area contributed by atoms with Crippen molar-refractivity contribution in [2.24, 2.45) is 0 Å². The lowest BCUT2D eigenvalue weighted by Crippen LogP contribution is -2.79. The fraction of sp³-hybridized carbons (Fsp3) is 0.424. The van der Waals surface area contributed by atoms with Gasteiger partial charge >= 0.3 is 17.9 Å². The standard InChI is InChI=1S/C29H28N2O6.C4H6O6/c1-3-13-30-14-12-28-23-17-8-9-21(33)24(23)36-25(28)20(10-11-29(28,22(30)15-17)37-16(2)32)31-26(34)18-6-4-5-7-19(18)27(31)35;5-1(3(7)8)2(6)4(9)10/h3-9,20,22,25,33H,1,10-15H2,2H3;1-2,5-6H,(H,7,8)(H,9,10)/t20-,22-,25+,28+,29?;/m1./s1. The maximum Gasteiger partial charge on any atom is 0.335 e. The minimum absolute atomic E-state index is 0.0207. The normalized spacial score (nSPS) is 29.3. The molecule has 14 heteroatoms. The second-order valence-electron chi connectivity index (χ2n) is 12.4. The lowest BCUT2D eigenvalue weighted by atomic mass is 9.48. The molecule has 2 amide bonds. The van der Waals surface area contributed by atoms with Crippen molar-refractivity contribution in [3.05, 3.63) is 71.3 Å². The van der Waals surface area contributed by atoms with Crippen LogP contribution in [0.5, 0.6) is 11.5 Å². The van der Waals surface area contributed by atoms with E-state index in [9.17, 15) is 29.1 Å². The molecule has 2 aromatic rings. The van der Waals surface area contributed by atoms with Gasteiger partial charge in [-0.25, -0.2) is 9.59 Å². The van der Waals surface area contributed by atoms with Gasteiger partial charge in [-0.3, -0.25) is 24.2 Å². The molecule has 7 rings (SSSR count). The number of rotatable bonds is 7. The van der Waals surface area contributed by atoms with Gasteiger partial charge in [0, 0.05) is 25.6 Å². The summed E-state index contributed by atoms with van der Waals surface area (Å²) in [5.74, 6) is -4.17. The van der Waals surface area contributed by atoms with E-state index in [1.54, 1.807) is 30.3 Å². The van der Waals surface area contributed by atoms with Gasteiger partial charge in [0.1, 0.15) is 11.7 Å². The molecule has 2 aromatic carbocycles. The summed E-state index contributed by atoms with van der Waals surface area (Å²) in [6.45, 7) is 6.73. The Morgan fingerprint density at radius 1 is 1.04 bits per heavy atom. The van der Waals surface area contributed by atoms with Crippen molar-refractivity contribution in [3.8, 4) is 11.5 Å². The molecule has 1 spiro atoms. The Morgan fingerprint density at radius 2 is 1.66 bits per heavy atom. The second kappa shape index (κ2) is 11.5. The number of aliphatic hydroxyl groups excluding tert-OH is 2. The predicted octanol–water partition coefficient (Wildman–Crippen LogP) is 0.845. The number of benzene rings is 2. The van der Waals surface area contributed by atoms with Crippen molar-refractivity contribution >= 4 is 29.7 Å². The summed E-state index contributed by atoms with van der Waals surface area (Å²) in [6.07, 6.45) is -1.19. The van der Waals surface area contributed by atoms with Gasteiger partial charge in [0.15, 0.2) is 23.7 Å². The lowest BCUT2D eigenvalue weighted by Gasteiger charge is -2.65. The number of phenolic OH excluding ortho intramolecular Hbond substituents is 1. The minimum atomic E-state index is -2.27. The number of phenols is 1. The lowest BCUT2D eigenvalue weighted by molar-refractivity contribution is -0.220. The maximum atomic E-state index is 13.6. The third-order valence-electron chi connectivity index (χ3n) is 10.2. The van der Waals surface area contributed by atoms with Gasteiger partial charge in [0.25, 0.3) is 11.8 Å². The first-order valence-corrected chi connectivity index (χ1v) is 15.2. The number of piperidine rings is 1. The summed E-state index contributed by atoms with van der Waals surface area (Å²) in [4.78, 5) is 63.0. The zero-order valence-electron chi connectivity index (χ0n) is 25.4. The molecule has 14 nitrogen and oxygen atoms in total. The van der Waals surface area contributed by atoms with E-state index in [0.29, 0.717) is 55.6 Å². The molecule has 7 atom stereocenters. The van der Waals surface area contributed by atoms with Gasteiger partial charge in [-0.05, 0) is 49.4 Å². The van der Waals surface area contributed by atoms with Crippen LogP contribution < -0.4 is 4.74 Å². The smallest absolute Gasteiger partial charge is 0.335 e. The van der Waals surface area contributed by atoms with Crippen molar-refractivity contribution < 1.29 is 59.0 Å². The highest BCUT2D eigenvalue weighted by Crippen LogP contribution is 2.67. The average molecular weight is 651 g/mol. The molecule has 1 saturated carbocycles. The number of hydrogen-bond acceptors (Lipinski definition) is 11. The third kappa shape index (κ3) is 4.53. The van der Waals surface area contributed by atoms with E-state index in [1.165, 1.54) is 11.8 Å². The number of esters is 1. The first kappa shape index (κ1) is 32.2. The van der Waals surface area contributed by atoms with Crippen molar-refractivity contribution in [2.45, 2.75) is 74.0 Å². The van der Waals surface area contributed by atoms with Gasteiger partial charge < -0.3 is 35.0 Å². The minimum Gasteiger partial charge on any atom is -0.504 e. The van der Waals surface area contributed by atoms with E-state index in [1.807, 2.05) is 12.1 Å². The molecule has 3 heterocycles. The summed E-state index contributed by atoms with van der Waals surface area (Å²) < 4.78 is 13.0. The van der Waals surface area contributed by atoms with Crippen LogP contribution >= 0.6 is 0 Å². The van der Waals surface area contributed by atoms with Crippen LogP contribution in [0.2, 0.25) is 0 Å². The summed E-state index contributed by atoms with van der Waals surface area (Å²) in [5.41, 5.74) is 0.966. The van der Waals surface area contributed by atoms with Crippen LogP contribution in [-0.4, -0.2) is 114 Å². The zero-order chi connectivity index (χ0) is 34.0. The Balaban J connectivity index is 0.000000337. The van der Waals surface area contributed by atoms with Gasteiger partial charge in [-0.15, -0.1) is 6.58 Å². The van der Waals surface area contributed by atoms with E-state index in [0.717, 1.165) is 11.1 Å². The number of amides is 2. The molecule has 2 bridgehead atoms. The zero-order valence-corrected chi connectivity index (χ0v) is 25.4. The molecule has 2 fully saturated rings. The Hall–Kier alpha value is -4.79. The summed E-state index contributed by atoms with van der Waals surface area (Å²) in [6, 6.07) is 9.75. The fourth-order valence-corrected chi connectivity index (χ4v) is 8.47. The van der Waals surface area contributed by atoms with E-state index in [2.05, 4.69) is 11.5 Å². The molecule has 47 heavy (non-hydrogen) atoms. The first-order chi connectivity index (χ1) is 22.3. The number of fused-ring (bicyclic) bond motifs is 1. The molecule has 0 radical (unpaired) electrons. The fourth-order valence-electron chi connectivity index (χ4n) is 8.47. The molecule has 3 unspecified atom stereocenters. The number of aliphatic hydroxyl groups is 2. The van der Waals surface area contributed by atoms with Crippen LogP contribution in [0, 0.1) is 0 Å². The number of likely N-dealkylation sites (tertiary alicyclic amines) is 1. The molecule has 5 N–H and O–H groups in total. The van der Waals surface area contributed by atoms with Crippen molar-refractivity contribution in [1.82, 2.24) is 9.80 Å². The van der Waals surface area contributed by atoms with Gasteiger partial charge in [0.05, 0.1) is 28.6 Å². The molecule has 0 aromatic heterocycles. The predicted molar refractivity (Wildman–Crippen MR) is 160 cm³/mol. The monoisotopic (exact) mass is 650 g/mol. The summed E-state index contributed by atoms with van der Waals surface area (Å²) in [5, 5.41) is 43.4. The molecule has 5 aliphatic rings. The van der Waals surface area contributed by atoms with Crippen LogP contribution in [0.1, 0.15) is 58.0 Å². The van der Waals surface area contributed by atoms with E-state index in [4.69, 9.17) is 29.9 Å². The Labute approximate surface area is 268 Å². The van der Waals surface area contributed by atoms with Crippen LogP contribution in [0.3, 0.4) is 0 Å². The third-order valence-corrected chi connectivity index (χ3v) is 10.2. The number of carboxylic acid groups (broad SMARTS) is 2. The summed E-state index contributed by atoms with van der Waals surface area (Å²) in [7, 11) is 0. The van der Waals surface area contributed by atoms with Gasteiger partial charge in [0.2, 0.25) is 0 Å². The van der Waals surface area contributed by atoms with Crippen LogP contribution in [-0.2, 0) is 31.0 Å². The second-order valence-corrected chi connectivity index (χ2v) is 12.4. The van der Waals surface area contributed by atoms with Crippen molar-refractivity contribution in [3.63, 3.8) is 0 Å². The maximum absolute atomic E-state index is 13.6. The highest BCUT2D eigenvalue weighted by molar-refractivity contribution is 6.21. The number of carbonyl (C=O) groups is 5. The largest absolute Gasteiger partial charge is 0.504 e. The number of hydrogen-bond donors (Lipinski definition) is 5. The number of ether oxygens (including phenoxy) is 2. The van der Waals surface area contributed by atoms with E-state index >= 15 is 0 Å². The van der Waals surface area contributed by atoms with E-state index in [-0.39, 0.29) is 29.6 Å². The van der Waals surface area contributed by atoms with Crippen LogP contribution in [0.15, 0.2) is 49.1 Å². The summed E-state index contributed by atoms with van der Waals surface area (Å²) >= 11 is 0. The van der Waals surface area contributed by atoms with Crippen LogP contribution in [0.25, 0.3) is 0 Å². The van der Waals surface area contributed by atoms with Crippen molar-refractivity contribution in [2.75, 3.05) is 13.1 Å². The molecule has 1 saturated heterocycles. The number of aromatic hydroxyl groups is 1. The molecule has 248 valence electrons. The van der Waals surface area contributed by atoms with Crippen molar-refractivity contribution in [1.29, 1.82) is 0 Å². The number of imide groups is 1. The number of carbonyl (C=O) groups excluding carboxylic acids is 3. The number of nitrogens with zero attached hydrogens (tertiary/aromatic N) is 2. The number of carboxylic acids is 2. The highest BCUT2D eigenvalue weighted by Gasteiger charge is 2.76. The van der Waals surface area contributed by atoms with Crippen LogP contribution in [0.4, 0.5) is 0 Å². The van der Waals surface area contributed by atoms with E-state index < -0.39 is 47.3 Å². The van der Waals surface area contributed by atoms with Gasteiger partial charge in [-0.1, -0.05) is 24.3 Å². The average Bonchev–Trinajstić information content (AvgIpc) is 3.51. The quantitative estimate of drug-likeness (QED) is 0.160. The highest BCUT2D eigenvalue weighted by atomic mass is 16.6. The molecular formula is C33H34N2O12. The molecule has 3 aliphatic heterocycles. The Kier molecular flexibility index (Phi) is 7.85. The Morgan fingerprint density at radius 3 is 2.21 bits per heavy atom. The Bertz CT molecular complexity index is 1660. The topological polar surface area (TPSA) is 211 Å². The molecular weight excluding hydrogens is 616 g/mol. The SMILES string of the molecule is C=CCN1CC[C@]23c4c5ccc(O)c4O[C@H]2[C@H](N2C(=O)c4ccccc4C2=O)CCC3(OC(C)=O)[C@H]1C5.O=C(O)C(O)C(O)C(=O)O. The van der Waals surface area contributed by atoms with Gasteiger partial charge in [-0.2, -0.15) is 0 Å². The first-order valence-electron chi connectivity index (χ1n) is 15.2. The number of aliphatic carboxylic acids is 2. The molecule has 2 aliphatic carbocycles.